The van der Waals surface area contributed by atoms with Gasteiger partial charge in [0, 0.05) is 27.7 Å². The topological polar surface area (TPSA) is 62.6 Å². The zero-order valence-corrected chi connectivity index (χ0v) is 19.5. The second-order valence-electron chi connectivity index (χ2n) is 9.08. The van der Waals surface area contributed by atoms with Crippen molar-refractivity contribution in [3.05, 3.63) is 94.0 Å². The molecule has 1 aliphatic carbocycles. The number of para-hydroxylation sites is 2. The average Bonchev–Trinajstić information content (AvgIpc) is 3.23. The Morgan fingerprint density at radius 3 is 2.53 bits per heavy atom. The maximum absolute atomic E-state index is 13.9. The van der Waals surface area contributed by atoms with Crippen LogP contribution >= 0.6 is 15.9 Å². The van der Waals surface area contributed by atoms with Crippen LogP contribution in [-0.4, -0.2) is 11.7 Å². The molecule has 0 radical (unpaired) electrons. The van der Waals surface area contributed by atoms with Crippen molar-refractivity contribution in [2.24, 2.45) is 5.41 Å². The Balaban J connectivity index is 1.76. The second kappa shape index (κ2) is 7.78. The van der Waals surface area contributed by atoms with E-state index < -0.39 is 6.04 Å². The number of anilines is 2. The first-order valence-electron chi connectivity index (χ1n) is 10.6. The highest BCUT2D eigenvalue weighted by molar-refractivity contribution is 9.10. The van der Waals surface area contributed by atoms with Crippen molar-refractivity contribution in [2.45, 2.75) is 32.7 Å². The molecule has 1 amide bonds. The minimum atomic E-state index is -0.657. The lowest BCUT2D eigenvalue weighted by molar-refractivity contribution is -0.118. The Labute approximate surface area is 195 Å². The number of carbonyl (C=O) groups is 2. The van der Waals surface area contributed by atoms with E-state index in [2.05, 4.69) is 35.1 Å². The maximum atomic E-state index is 13.9. The van der Waals surface area contributed by atoms with Crippen LogP contribution in [0.25, 0.3) is 0 Å². The number of allylic oxidation sites excluding steroid dienone is 1. The smallest absolute Gasteiger partial charge is 0.259 e. The monoisotopic (exact) mass is 490 g/mol. The number of amides is 1. The van der Waals surface area contributed by atoms with Crippen molar-refractivity contribution in [1.82, 2.24) is 0 Å². The third-order valence-electron chi connectivity index (χ3n) is 6.02. The van der Waals surface area contributed by atoms with Crippen LogP contribution in [0.3, 0.4) is 0 Å². The maximum Gasteiger partial charge on any atom is 0.259 e. The molecular formula is C26H23BrN2O3. The molecule has 1 N–H and O–H groups in total. The number of Topliss-reactive ketones (excluding diaryl/α,β-unsaturated/α-hetero) is 1. The molecule has 1 atom stereocenters. The Bertz CT molecular complexity index is 1230. The third-order valence-corrected chi connectivity index (χ3v) is 6.55. The van der Waals surface area contributed by atoms with Crippen molar-refractivity contribution < 1.29 is 14.0 Å². The van der Waals surface area contributed by atoms with Gasteiger partial charge in [-0.05, 0) is 60.4 Å². The van der Waals surface area contributed by atoms with Crippen LogP contribution in [-0.2, 0) is 4.79 Å². The van der Waals surface area contributed by atoms with E-state index in [1.807, 2.05) is 42.5 Å². The summed E-state index contributed by atoms with van der Waals surface area (Å²) < 4.78 is 6.71. The molecule has 5 rings (SSSR count). The van der Waals surface area contributed by atoms with Crippen LogP contribution in [0.1, 0.15) is 48.8 Å². The summed E-state index contributed by atoms with van der Waals surface area (Å²) in [7, 11) is 0. The van der Waals surface area contributed by atoms with Gasteiger partial charge in [-0.15, -0.1) is 0 Å². The van der Waals surface area contributed by atoms with Gasteiger partial charge in [0.25, 0.3) is 5.91 Å². The SMILES string of the molecule is CC1(C)CC(=O)C2=C(C1)Nc1ccccc1N(C(=O)c1ccc(Br)cc1)[C@H]2c1ccco1. The average molecular weight is 491 g/mol. The van der Waals surface area contributed by atoms with E-state index in [0.29, 0.717) is 35.4 Å². The van der Waals surface area contributed by atoms with E-state index in [1.165, 1.54) is 0 Å². The summed E-state index contributed by atoms with van der Waals surface area (Å²) in [5.41, 5.74) is 3.32. The number of rotatable bonds is 2. The van der Waals surface area contributed by atoms with E-state index in [4.69, 9.17) is 4.42 Å². The largest absolute Gasteiger partial charge is 0.467 e. The molecule has 0 saturated heterocycles. The molecule has 162 valence electrons. The Morgan fingerprint density at radius 1 is 1.06 bits per heavy atom. The molecule has 2 heterocycles. The molecule has 32 heavy (non-hydrogen) atoms. The Morgan fingerprint density at radius 2 is 1.81 bits per heavy atom. The summed E-state index contributed by atoms with van der Waals surface area (Å²) in [5, 5.41) is 3.50. The molecule has 2 aliphatic rings. The van der Waals surface area contributed by atoms with Crippen LogP contribution in [0.2, 0.25) is 0 Å². The van der Waals surface area contributed by atoms with Gasteiger partial charge in [0.2, 0.25) is 0 Å². The molecule has 6 heteroatoms. The van der Waals surface area contributed by atoms with Crippen LogP contribution < -0.4 is 10.2 Å². The first-order chi connectivity index (χ1) is 15.3. The third kappa shape index (κ3) is 3.58. The number of furan rings is 1. The van der Waals surface area contributed by atoms with E-state index >= 15 is 0 Å². The number of benzene rings is 2. The van der Waals surface area contributed by atoms with E-state index in [-0.39, 0.29) is 17.1 Å². The van der Waals surface area contributed by atoms with Gasteiger partial charge in [0.15, 0.2) is 5.78 Å². The summed E-state index contributed by atoms with van der Waals surface area (Å²) in [6.45, 7) is 4.19. The van der Waals surface area contributed by atoms with E-state index in [1.54, 1.807) is 29.4 Å². The fourth-order valence-electron chi connectivity index (χ4n) is 4.66. The van der Waals surface area contributed by atoms with Gasteiger partial charge in [0.1, 0.15) is 11.8 Å². The second-order valence-corrected chi connectivity index (χ2v) is 9.99. The van der Waals surface area contributed by atoms with Crippen molar-refractivity contribution >= 4 is 39.0 Å². The van der Waals surface area contributed by atoms with Crippen LogP contribution in [0.5, 0.6) is 0 Å². The lowest BCUT2D eigenvalue weighted by Gasteiger charge is -2.36. The van der Waals surface area contributed by atoms with Crippen LogP contribution in [0.4, 0.5) is 11.4 Å². The summed E-state index contributed by atoms with van der Waals surface area (Å²) in [6, 6.07) is 17.9. The number of ketones is 1. The van der Waals surface area contributed by atoms with Gasteiger partial charge in [-0.3, -0.25) is 14.5 Å². The number of hydrogen-bond donors (Lipinski definition) is 1. The van der Waals surface area contributed by atoms with Gasteiger partial charge >= 0.3 is 0 Å². The highest BCUT2D eigenvalue weighted by Crippen LogP contribution is 2.48. The minimum absolute atomic E-state index is 0.0339. The number of halogens is 1. The zero-order chi connectivity index (χ0) is 22.5. The molecule has 0 bridgehead atoms. The number of fused-ring (bicyclic) bond motifs is 1. The first-order valence-corrected chi connectivity index (χ1v) is 11.4. The van der Waals surface area contributed by atoms with E-state index in [0.717, 1.165) is 15.9 Å². The first kappa shape index (κ1) is 20.8. The lowest BCUT2D eigenvalue weighted by Crippen LogP contribution is -2.39. The molecule has 1 aliphatic heterocycles. The fourth-order valence-corrected chi connectivity index (χ4v) is 4.92. The minimum Gasteiger partial charge on any atom is -0.467 e. The van der Waals surface area contributed by atoms with Crippen LogP contribution in [0, 0.1) is 5.41 Å². The van der Waals surface area contributed by atoms with Gasteiger partial charge in [-0.2, -0.15) is 0 Å². The standard InChI is InChI=1S/C26H23BrN2O3/c1-26(2)14-19-23(21(30)15-26)24(22-8-5-13-32-22)29(20-7-4-3-6-18(20)28-19)25(31)16-9-11-17(27)12-10-16/h3-13,24,28H,14-15H2,1-2H3/t24-/m0/s1. The van der Waals surface area contributed by atoms with Gasteiger partial charge in [-0.25, -0.2) is 0 Å². The number of carbonyl (C=O) groups excluding carboxylic acids is 2. The molecule has 0 unspecified atom stereocenters. The van der Waals surface area contributed by atoms with Crippen molar-refractivity contribution in [2.75, 3.05) is 10.2 Å². The summed E-state index contributed by atoms with van der Waals surface area (Å²) in [4.78, 5) is 29.2. The summed E-state index contributed by atoms with van der Waals surface area (Å²) >= 11 is 3.43. The molecule has 2 aromatic carbocycles. The Hall–Kier alpha value is -3.12. The Kier molecular flexibility index (Phi) is 5.05. The van der Waals surface area contributed by atoms with Gasteiger partial charge < -0.3 is 9.73 Å². The predicted octanol–water partition coefficient (Wildman–Crippen LogP) is 6.50. The fraction of sp³-hybridized carbons (Fsp3) is 0.231. The van der Waals surface area contributed by atoms with E-state index in [9.17, 15) is 9.59 Å². The molecule has 0 spiro atoms. The van der Waals surface area contributed by atoms with Crippen molar-refractivity contribution in [1.29, 1.82) is 0 Å². The molecule has 3 aromatic rings. The number of nitrogens with one attached hydrogen (secondary N) is 1. The van der Waals surface area contributed by atoms with Gasteiger partial charge in [0.05, 0.1) is 17.6 Å². The highest BCUT2D eigenvalue weighted by atomic mass is 79.9. The zero-order valence-electron chi connectivity index (χ0n) is 17.9. The molecule has 0 fully saturated rings. The van der Waals surface area contributed by atoms with Crippen LogP contribution in [0.15, 0.2) is 87.1 Å². The molecular weight excluding hydrogens is 468 g/mol. The normalized spacial score (nSPS) is 19.7. The van der Waals surface area contributed by atoms with Crippen molar-refractivity contribution in [3.63, 3.8) is 0 Å². The van der Waals surface area contributed by atoms with Crippen molar-refractivity contribution in [3.8, 4) is 0 Å². The number of hydrogen-bond acceptors (Lipinski definition) is 4. The molecule has 1 aromatic heterocycles. The summed E-state index contributed by atoms with van der Waals surface area (Å²) in [5.74, 6) is 0.403. The highest BCUT2D eigenvalue weighted by Gasteiger charge is 2.44. The molecule has 0 saturated carbocycles. The summed E-state index contributed by atoms with van der Waals surface area (Å²) in [6.07, 6.45) is 2.71. The quantitative estimate of drug-likeness (QED) is 0.445. The molecule has 5 nitrogen and oxygen atoms in total. The predicted molar refractivity (Wildman–Crippen MR) is 128 cm³/mol. The van der Waals surface area contributed by atoms with Gasteiger partial charge in [-0.1, -0.05) is 41.9 Å². The lowest BCUT2D eigenvalue weighted by atomic mass is 9.74. The number of nitrogens with zero attached hydrogens (tertiary/aromatic N) is 1.